The molecule has 2 nitrogen and oxygen atoms in total. The van der Waals surface area contributed by atoms with E-state index >= 15 is 0 Å². The van der Waals surface area contributed by atoms with Gasteiger partial charge in [0.05, 0.1) is 0 Å². The van der Waals surface area contributed by atoms with Gasteiger partial charge in [0, 0.05) is 23.7 Å². The van der Waals surface area contributed by atoms with E-state index in [1.165, 1.54) is 17.6 Å². The molecule has 1 amide bonds. The second kappa shape index (κ2) is 7.15. The molecule has 0 atom stereocenters. The lowest BCUT2D eigenvalue weighted by Gasteiger charge is -2.28. The van der Waals surface area contributed by atoms with Gasteiger partial charge in [-0.15, -0.1) is 0 Å². The number of benzene rings is 1. The third-order valence-electron chi connectivity index (χ3n) is 4.25. The van der Waals surface area contributed by atoms with Gasteiger partial charge in [0.2, 0.25) is 0 Å². The minimum Gasteiger partial charge on any atom is -0.339 e. The number of amides is 1. The third-order valence-corrected chi connectivity index (χ3v) is 4.48. The van der Waals surface area contributed by atoms with Gasteiger partial charge in [-0.05, 0) is 62.3 Å². The van der Waals surface area contributed by atoms with E-state index in [9.17, 15) is 4.79 Å². The highest BCUT2D eigenvalue weighted by Gasteiger charge is 2.20. The third kappa shape index (κ3) is 3.80. The Hall–Kier alpha value is -1.54. The largest absolute Gasteiger partial charge is 0.339 e. The first kappa shape index (κ1) is 15.4. The lowest BCUT2D eigenvalue weighted by atomic mass is 9.93. The van der Waals surface area contributed by atoms with Gasteiger partial charge in [0.15, 0.2) is 0 Å². The van der Waals surface area contributed by atoms with Crippen LogP contribution >= 0.6 is 11.6 Å². The van der Waals surface area contributed by atoms with Gasteiger partial charge < -0.3 is 4.90 Å². The first-order chi connectivity index (χ1) is 10.7. The SMILES string of the molecule is O=C(C1=CC[CH]C(Cc2cccc(Cl)c2)=C1)N1CCCCC1. The molecule has 1 fully saturated rings. The zero-order chi connectivity index (χ0) is 15.4. The molecule has 0 saturated carbocycles. The summed E-state index contributed by atoms with van der Waals surface area (Å²) in [7, 11) is 0. The molecule has 1 saturated heterocycles. The lowest BCUT2D eigenvalue weighted by molar-refractivity contribution is -0.127. The second-order valence-electron chi connectivity index (χ2n) is 5.98. The number of hydrogen-bond acceptors (Lipinski definition) is 1. The molecule has 1 aliphatic carbocycles. The van der Waals surface area contributed by atoms with Crippen molar-refractivity contribution in [3.8, 4) is 0 Å². The summed E-state index contributed by atoms with van der Waals surface area (Å²) >= 11 is 6.04. The standard InChI is InChI=1S/C19H21ClNO/c20-18-9-5-7-16(14-18)12-15-6-4-8-17(13-15)19(22)21-10-2-1-3-11-21/h5-9,13-14H,1-4,10-12H2. The maximum absolute atomic E-state index is 12.6. The van der Waals surface area contributed by atoms with Crippen molar-refractivity contribution in [1.82, 2.24) is 4.90 Å². The fourth-order valence-electron chi connectivity index (χ4n) is 3.09. The molecule has 115 valence electrons. The van der Waals surface area contributed by atoms with E-state index in [-0.39, 0.29) is 5.91 Å². The number of carbonyl (C=O) groups is 1. The number of nitrogens with zero attached hydrogens (tertiary/aromatic N) is 1. The van der Waals surface area contributed by atoms with E-state index < -0.39 is 0 Å². The number of carbonyl (C=O) groups excluding carboxylic acids is 1. The van der Waals surface area contributed by atoms with E-state index in [4.69, 9.17) is 11.6 Å². The molecule has 3 rings (SSSR count). The molecule has 22 heavy (non-hydrogen) atoms. The molecule has 0 spiro atoms. The minimum absolute atomic E-state index is 0.191. The first-order valence-electron chi connectivity index (χ1n) is 8.00. The highest BCUT2D eigenvalue weighted by Crippen LogP contribution is 2.23. The van der Waals surface area contributed by atoms with Crippen LogP contribution in [0.4, 0.5) is 0 Å². The van der Waals surface area contributed by atoms with E-state index in [1.54, 1.807) is 0 Å². The fraction of sp³-hybridized carbons (Fsp3) is 0.368. The van der Waals surface area contributed by atoms with Gasteiger partial charge in [0.1, 0.15) is 0 Å². The Morgan fingerprint density at radius 1 is 1.18 bits per heavy atom. The quantitative estimate of drug-likeness (QED) is 0.812. The molecule has 1 heterocycles. The highest BCUT2D eigenvalue weighted by atomic mass is 35.5. The Labute approximate surface area is 137 Å². The molecule has 3 heteroatoms. The van der Waals surface area contributed by atoms with E-state index in [2.05, 4.69) is 12.5 Å². The highest BCUT2D eigenvalue weighted by molar-refractivity contribution is 6.30. The van der Waals surface area contributed by atoms with Crippen molar-refractivity contribution in [3.63, 3.8) is 0 Å². The van der Waals surface area contributed by atoms with Gasteiger partial charge in [-0.3, -0.25) is 4.79 Å². The van der Waals surface area contributed by atoms with Gasteiger partial charge in [-0.25, -0.2) is 0 Å². The smallest absolute Gasteiger partial charge is 0.253 e. The van der Waals surface area contributed by atoms with Crippen LogP contribution in [-0.4, -0.2) is 23.9 Å². The Morgan fingerprint density at radius 3 is 2.77 bits per heavy atom. The summed E-state index contributed by atoms with van der Waals surface area (Å²) in [6, 6.07) is 7.91. The van der Waals surface area contributed by atoms with Crippen LogP contribution in [0.1, 0.15) is 31.2 Å². The fourth-order valence-corrected chi connectivity index (χ4v) is 3.30. The van der Waals surface area contributed by atoms with Crippen molar-refractivity contribution >= 4 is 17.5 Å². The maximum Gasteiger partial charge on any atom is 0.253 e. The van der Waals surface area contributed by atoms with E-state index in [0.717, 1.165) is 49.4 Å². The van der Waals surface area contributed by atoms with Crippen LogP contribution in [0.15, 0.2) is 47.6 Å². The van der Waals surface area contributed by atoms with Crippen LogP contribution in [0.5, 0.6) is 0 Å². The molecule has 1 aromatic carbocycles. The molecular weight excluding hydrogens is 294 g/mol. The average molecular weight is 315 g/mol. The molecular formula is C19H21ClNO. The summed E-state index contributed by atoms with van der Waals surface area (Å²) in [6.45, 7) is 1.80. The zero-order valence-corrected chi connectivity index (χ0v) is 13.5. The Bertz CT molecular complexity index is 612. The molecule has 0 aromatic heterocycles. The Morgan fingerprint density at radius 2 is 2.00 bits per heavy atom. The molecule has 1 aliphatic heterocycles. The van der Waals surface area contributed by atoms with E-state index in [1.807, 2.05) is 35.3 Å². The molecule has 1 aromatic rings. The number of allylic oxidation sites excluding steroid dienone is 2. The summed E-state index contributed by atoms with van der Waals surface area (Å²) in [5.74, 6) is 0.191. The summed E-state index contributed by atoms with van der Waals surface area (Å²) < 4.78 is 0. The molecule has 0 bridgehead atoms. The number of likely N-dealkylation sites (tertiary alicyclic amines) is 1. The summed E-state index contributed by atoms with van der Waals surface area (Å²) in [5, 5.41) is 0.758. The number of halogens is 1. The predicted molar refractivity (Wildman–Crippen MR) is 90.7 cm³/mol. The van der Waals surface area contributed by atoms with Crippen molar-refractivity contribution in [2.45, 2.75) is 32.1 Å². The van der Waals surface area contributed by atoms with Crippen molar-refractivity contribution in [1.29, 1.82) is 0 Å². The van der Waals surface area contributed by atoms with Crippen molar-refractivity contribution in [2.75, 3.05) is 13.1 Å². The first-order valence-corrected chi connectivity index (χ1v) is 8.38. The Kier molecular flexibility index (Phi) is 4.99. The zero-order valence-electron chi connectivity index (χ0n) is 12.7. The maximum atomic E-state index is 12.6. The minimum atomic E-state index is 0.191. The Balaban J connectivity index is 1.70. The van der Waals surface area contributed by atoms with Gasteiger partial charge in [0.25, 0.3) is 5.91 Å². The van der Waals surface area contributed by atoms with Crippen LogP contribution in [0.25, 0.3) is 0 Å². The van der Waals surface area contributed by atoms with Crippen LogP contribution in [-0.2, 0) is 11.2 Å². The van der Waals surface area contributed by atoms with Crippen molar-refractivity contribution in [2.24, 2.45) is 0 Å². The predicted octanol–water partition coefficient (Wildman–Crippen LogP) is 4.36. The van der Waals surface area contributed by atoms with Gasteiger partial charge in [-0.1, -0.05) is 35.4 Å². The van der Waals surface area contributed by atoms with Crippen molar-refractivity contribution < 1.29 is 4.79 Å². The summed E-state index contributed by atoms with van der Waals surface area (Å²) in [6.07, 6.45) is 11.4. The van der Waals surface area contributed by atoms with Crippen LogP contribution in [0, 0.1) is 6.42 Å². The monoisotopic (exact) mass is 314 g/mol. The number of rotatable bonds is 3. The van der Waals surface area contributed by atoms with Crippen LogP contribution in [0.3, 0.4) is 0 Å². The summed E-state index contributed by atoms with van der Waals surface area (Å²) in [5.41, 5.74) is 3.23. The van der Waals surface area contributed by atoms with Crippen LogP contribution in [0.2, 0.25) is 5.02 Å². The van der Waals surface area contributed by atoms with Crippen molar-refractivity contribution in [3.05, 3.63) is 64.6 Å². The molecule has 2 aliphatic rings. The number of piperidine rings is 1. The molecule has 0 N–H and O–H groups in total. The van der Waals surface area contributed by atoms with Gasteiger partial charge >= 0.3 is 0 Å². The average Bonchev–Trinajstić information content (AvgIpc) is 2.55. The molecule has 1 radical (unpaired) electrons. The normalized spacial score (nSPS) is 18.7. The topological polar surface area (TPSA) is 20.3 Å². The molecule has 0 unspecified atom stereocenters. The number of hydrogen-bond donors (Lipinski definition) is 0. The lowest BCUT2D eigenvalue weighted by Crippen LogP contribution is -2.36. The summed E-state index contributed by atoms with van der Waals surface area (Å²) in [4.78, 5) is 14.6. The van der Waals surface area contributed by atoms with E-state index in [0.29, 0.717) is 0 Å². The van der Waals surface area contributed by atoms with Crippen LogP contribution < -0.4 is 0 Å². The second-order valence-corrected chi connectivity index (χ2v) is 6.41. The van der Waals surface area contributed by atoms with Gasteiger partial charge in [-0.2, -0.15) is 0 Å².